The number of fused-ring (bicyclic) bond motifs is 1. The number of pyridine rings is 1. The molecule has 0 unspecified atom stereocenters. The molecule has 0 saturated carbocycles. The summed E-state index contributed by atoms with van der Waals surface area (Å²) in [6.07, 6.45) is 0.961. The second-order valence-electron chi connectivity index (χ2n) is 7.85. The summed E-state index contributed by atoms with van der Waals surface area (Å²) in [5, 5.41) is 5.52. The lowest BCUT2D eigenvalue weighted by Crippen LogP contribution is -2.50. The van der Waals surface area contributed by atoms with Crippen LogP contribution in [0.15, 0.2) is 54.7 Å². The summed E-state index contributed by atoms with van der Waals surface area (Å²) >= 11 is 6.01. The molecule has 0 radical (unpaired) electrons. The molecule has 3 aromatic rings. The number of hydrogen-bond donors (Lipinski definition) is 2. The van der Waals surface area contributed by atoms with Crippen LogP contribution in [0.2, 0.25) is 5.02 Å². The molecule has 3 rings (SSSR count). The van der Waals surface area contributed by atoms with Crippen molar-refractivity contribution in [2.45, 2.75) is 32.4 Å². The van der Waals surface area contributed by atoms with Gasteiger partial charge in [0.05, 0.1) is 18.2 Å². The van der Waals surface area contributed by atoms with Crippen molar-refractivity contribution >= 4 is 46.2 Å². The van der Waals surface area contributed by atoms with Crippen LogP contribution < -0.4 is 10.7 Å². The normalized spacial score (nSPS) is 11.6. The van der Waals surface area contributed by atoms with E-state index in [1.54, 1.807) is 18.3 Å². The standard InChI is InChI=1S/C25H26ClFN4O5/c1-16(32)31(29-14-19-8-5-9-21(27)24(19)26)20(10-11-23(33)35-2)15-36-25(34)30-22-12-17-6-3-4-7-18(17)13-28-22/h3-9,12-13,20,29H,10-11,14-15H2,1-2H3,(H,28,30,34)/t20-/m0/s1. The topological polar surface area (TPSA) is 110 Å². The van der Waals surface area contributed by atoms with Crippen molar-refractivity contribution in [1.29, 1.82) is 0 Å². The molecule has 2 N–H and O–H groups in total. The van der Waals surface area contributed by atoms with Gasteiger partial charge in [0.25, 0.3) is 0 Å². The fraction of sp³-hybridized carbons (Fsp3) is 0.280. The van der Waals surface area contributed by atoms with Gasteiger partial charge in [-0.1, -0.05) is 48.0 Å². The number of carbonyl (C=O) groups is 3. The maximum absolute atomic E-state index is 13.8. The van der Waals surface area contributed by atoms with Crippen LogP contribution >= 0.6 is 11.6 Å². The number of hydrogen-bond acceptors (Lipinski definition) is 7. The number of esters is 1. The Balaban J connectivity index is 1.68. The minimum atomic E-state index is -0.780. The fourth-order valence-electron chi connectivity index (χ4n) is 3.49. The molecule has 1 heterocycles. The van der Waals surface area contributed by atoms with Crippen molar-refractivity contribution < 1.29 is 28.2 Å². The lowest BCUT2D eigenvalue weighted by molar-refractivity contribution is -0.143. The molecule has 0 saturated heterocycles. The second kappa shape index (κ2) is 12.8. The van der Waals surface area contributed by atoms with E-state index in [1.807, 2.05) is 24.3 Å². The van der Waals surface area contributed by atoms with Crippen LogP contribution in [-0.4, -0.2) is 47.7 Å². The number of rotatable bonds is 10. The lowest BCUT2D eigenvalue weighted by Gasteiger charge is -2.31. The number of ether oxygens (including phenoxy) is 2. The number of methoxy groups -OCH3 is 1. The first kappa shape index (κ1) is 26.8. The fourth-order valence-corrected chi connectivity index (χ4v) is 3.68. The van der Waals surface area contributed by atoms with Crippen LogP contribution in [0.3, 0.4) is 0 Å². The van der Waals surface area contributed by atoms with Gasteiger partial charge in [-0.3, -0.25) is 19.9 Å². The summed E-state index contributed by atoms with van der Waals surface area (Å²) in [5.41, 5.74) is 3.32. The predicted octanol–water partition coefficient (Wildman–Crippen LogP) is 4.45. The quantitative estimate of drug-likeness (QED) is 0.302. The number of benzene rings is 2. The molecular weight excluding hydrogens is 491 g/mol. The zero-order valence-corrected chi connectivity index (χ0v) is 20.5. The van der Waals surface area contributed by atoms with Crippen molar-refractivity contribution in [3.63, 3.8) is 0 Å². The van der Waals surface area contributed by atoms with E-state index in [1.165, 1.54) is 31.2 Å². The van der Waals surface area contributed by atoms with Gasteiger partial charge >= 0.3 is 12.1 Å². The Morgan fingerprint density at radius 2 is 1.89 bits per heavy atom. The molecule has 1 aromatic heterocycles. The molecule has 2 aromatic carbocycles. The van der Waals surface area contributed by atoms with Gasteiger partial charge in [-0.05, 0) is 29.5 Å². The minimum absolute atomic E-state index is 0.0233. The summed E-state index contributed by atoms with van der Waals surface area (Å²) in [5.74, 6) is -1.18. The van der Waals surface area contributed by atoms with Crippen LogP contribution in [0.4, 0.5) is 15.0 Å². The maximum Gasteiger partial charge on any atom is 0.412 e. The summed E-state index contributed by atoms with van der Waals surface area (Å²) in [4.78, 5) is 40.8. The Hall–Kier alpha value is -3.76. The summed E-state index contributed by atoms with van der Waals surface area (Å²) in [6, 6.07) is 12.9. The SMILES string of the molecule is COC(=O)CC[C@@H](COC(=O)Nc1cc2ccccc2cn1)N(NCc1cccc(F)c1Cl)C(C)=O. The summed E-state index contributed by atoms with van der Waals surface area (Å²) < 4.78 is 23.8. The third-order valence-corrected chi connectivity index (χ3v) is 5.78. The highest BCUT2D eigenvalue weighted by atomic mass is 35.5. The van der Waals surface area contributed by atoms with Crippen LogP contribution in [0.1, 0.15) is 25.3 Å². The third kappa shape index (κ3) is 7.37. The highest BCUT2D eigenvalue weighted by molar-refractivity contribution is 6.31. The molecule has 11 heteroatoms. The van der Waals surface area contributed by atoms with E-state index in [-0.39, 0.29) is 31.0 Å². The molecule has 0 spiro atoms. The van der Waals surface area contributed by atoms with Gasteiger partial charge in [0.2, 0.25) is 5.91 Å². The average molecular weight is 517 g/mol. The Bertz CT molecular complexity index is 1240. The Kier molecular flexibility index (Phi) is 9.54. The van der Waals surface area contributed by atoms with Crippen molar-refractivity contribution in [2.24, 2.45) is 0 Å². The number of aromatic nitrogens is 1. The lowest BCUT2D eigenvalue weighted by atomic mass is 10.1. The van der Waals surface area contributed by atoms with E-state index in [0.717, 1.165) is 10.8 Å². The third-order valence-electron chi connectivity index (χ3n) is 5.35. The summed E-state index contributed by atoms with van der Waals surface area (Å²) in [7, 11) is 1.25. The van der Waals surface area contributed by atoms with Crippen LogP contribution in [0, 0.1) is 5.82 Å². The first-order valence-electron chi connectivity index (χ1n) is 11.1. The van der Waals surface area contributed by atoms with Crippen molar-refractivity contribution in [3.05, 3.63) is 71.1 Å². The Morgan fingerprint density at radius 3 is 2.61 bits per heavy atom. The van der Waals surface area contributed by atoms with Crippen LogP contribution in [0.5, 0.6) is 0 Å². The number of halogens is 2. The van der Waals surface area contributed by atoms with Crippen molar-refractivity contribution in [3.8, 4) is 0 Å². The zero-order chi connectivity index (χ0) is 26.1. The molecule has 0 aliphatic carbocycles. The largest absolute Gasteiger partial charge is 0.469 e. The van der Waals surface area contributed by atoms with Gasteiger partial charge in [-0.2, -0.15) is 0 Å². The van der Waals surface area contributed by atoms with Gasteiger partial charge < -0.3 is 9.47 Å². The monoisotopic (exact) mass is 516 g/mol. The number of amides is 2. The Morgan fingerprint density at radius 1 is 1.14 bits per heavy atom. The van der Waals surface area contributed by atoms with Gasteiger partial charge in [0.15, 0.2) is 0 Å². The van der Waals surface area contributed by atoms with Crippen molar-refractivity contribution in [1.82, 2.24) is 15.4 Å². The molecule has 0 fully saturated rings. The molecule has 2 amide bonds. The number of anilines is 1. The van der Waals surface area contributed by atoms with E-state index in [2.05, 4.69) is 20.5 Å². The van der Waals surface area contributed by atoms with Crippen LogP contribution in [0.25, 0.3) is 10.8 Å². The number of hydrazine groups is 1. The highest BCUT2D eigenvalue weighted by Crippen LogP contribution is 2.20. The Labute approximate surface area is 212 Å². The smallest absolute Gasteiger partial charge is 0.412 e. The molecule has 36 heavy (non-hydrogen) atoms. The maximum atomic E-state index is 13.8. The van der Waals surface area contributed by atoms with Gasteiger partial charge in [0.1, 0.15) is 18.2 Å². The van der Waals surface area contributed by atoms with E-state index >= 15 is 0 Å². The molecule has 190 valence electrons. The first-order valence-corrected chi connectivity index (χ1v) is 11.5. The zero-order valence-electron chi connectivity index (χ0n) is 19.8. The van der Waals surface area contributed by atoms with E-state index in [4.69, 9.17) is 16.3 Å². The van der Waals surface area contributed by atoms with Gasteiger partial charge in [-0.15, -0.1) is 0 Å². The molecule has 0 aliphatic rings. The predicted molar refractivity (Wildman–Crippen MR) is 133 cm³/mol. The number of nitrogens with zero attached hydrogens (tertiary/aromatic N) is 2. The molecule has 0 aliphatic heterocycles. The number of nitrogens with one attached hydrogen (secondary N) is 2. The van der Waals surface area contributed by atoms with E-state index in [0.29, 0.717) is 11.4 Å². The molecule has 9 nitrogen and oxygen atoms in total. The highest BCUT2D eigenvalue weighted by Gasteiger charge is 2.24. The average Bonchev–Trinajstić information content (AvgIpc) is 2.87. The van der Waals surface area contributed by atoms with Gasteiger partial charge in [0, 0.05) is 31.5 Å². The molecular formula is C25H26ClFN4O5. The molecule has 0 bridgehead atoms. The van der Waals surface area contributed by atoms with Crippen molar-refractivity contribution in [2.75, 3.05) is 19.0 Å². The van der Waals surface area contributed by atoms with E-state index in [9.17, 15) is 18.8 Å². The first-order chi connectivity index (χ1) is 17.3. The van der Waals surface area contributed by atoms with E-state index < -0.39 is 29.8 Å². The van der Waals surface area contributed by atoms with Crippen LogP contribution in [-0.2, 0) is 25.6 Å². The molecule has 1 atom stereocenters. The number of carbonyl (C=O) groups excluding carboxylic acids is 3. The van der Waals surface area contributed by atoms with Gasteiger partial charge in [-0.25, -0.2) is 19.6 Å². The second-order valence-corrected chi connectivity index (χ2v) is 8.22. The summed E-state index contributed by atoms with van der Waals surface area (Å²) in [6.45, 7) is 1.10. The minimum Gasteiger partial charge on any atom is -0.469 e.